The average molecular weight is 507 g/mol. The molecule has 0 aromatic heterocycles. The van der Waals surface area contributed by atoms with Crippen LogP contribution in [-0.4, -0.2) is 10.00 Å². The molecule has 0 heterocycles. The Balaban J connectivity index is 2.24. The van der Waals surface area contributed by atoms with Gasteiger partial charge >= 0.3 is 8.25 Å². The molecular weight excluding hydrogens is 495 g/mol. The molecule has 4 nitrogen and oxygen atoms in total. The molecule has 0 spiro atoms. The van der Waals surface area contributed by atoms with Gasteiger partial charge in [-0.25, -0.2) is 4.52 Å². The molecule has 7 heteroatoms. The summed E-state index contributed by atoms with van der Waals surface area (Å²) in [4.78, 5) is 9.41. The number of phenolic OH excluding ortho intramolecular Hbond substituents is 1. The van der Waals surface area contributed by atoms with E-state index >= 15 is 0 Å². The highest BCUT2D eigenvalue weighted by atomic mass is 79.9. The topological polar surface area (TPSA) is 66.8 Å². The van der Waals surface area contributed by atoms with Crippen LogP contribution in [0.4, 0.5) is 0 Å². The minimum Gasteiger partial charge on any atom is -0.506 e. The molecule has 0 fully saturated rings. The van der Waals surface area contributed by atoms with Crippen molar-refractivity contribution in [1.82, 2.24) is 0 Å². The van der Waals surface area contributed by atoms with E-state index in [2.05, 4.69) is 31.9 Å². The Kier molecular flexibility index (Phi) is 4.91. The van der Waals surface area contributed by atoms with E-state index in [4.69, 9.17) is 4.52 Å². The van der Waals surface area contributed by atoms with E-state index in [0.717, 1.165) is 21.5 Å². The van der Waals surface area contributed by atoms with Crippen LogP contribution >= 0.6 is 40.1 Å². The van der Waals surface area contributed by atoms with Crippen molar-refractivity contribution >= 4 is 61.7 Å². The molecule has 0 aliphatic carbocycles. The van der Waals surface area contributed by atoms with Gasteiger partial charge in [-0.3, -0.25) is 0 Å². The second-order valence-corrected chi connectivity index (χ2v) is 8.28. The molecule has 27 heavy (non-hydrogen) atoms. The van der Waals surface area contributed by atoms with Crippen molar-refractivity contribution in [2.75, 3.05) is 0 Å². The minimum atomic E-state index is -2.89. The van der Waals surface area contributed by atoms with Gasteiger partial charge in [-0.1, -0.05) is 48.5 Å². The van der Waals surface area contributed by atoms with Gasteiger partial charge in [0.2, 0.25) is 5.75 Å². The van der Waals surface area contributed by atoms with Crippen LogP contribution < -0.4 is 4.52 Å². The Morgan fingerprint density at radius 1 is 0.815 bits per heavy atom. The van der Waals surface area contributed by atoms with Crippen LogP contribution in [0.3, 0.4) is 0 Å². The summed E-state index contributed by atoms with van der Waals surface area (Å²) in [6, 6.07) is 18.9. The van der Waals surface area contributed by atoms with Gasteiger partial charge in [0, 0.05) is 15.7 Å². The Labute approximate surface area is 172 Å². The molecule has 4 aromatic rings. The Morgan fingerprint density at radius 2 is 1.33 bits per heavy atom. The minimum absolute atomic E-state index is 0.0370. The lowest BCUT2D eigenvalue weighted by atomic mass is 9.92. The van der Waals surface area contributed by atoms with E-state index in [1.165, 1.54) is 0 Å². The highest BCUT2D eigenvalue weighted by Crippen LogP contribution is 2.51. The fourth-order valence-corrected chi connectivity index (χ4v) is 4.71. The van der Waals surface area contributed by atoms with Gasteiger partial charge in [-0.05, 0) is 65.5 Å². The van der Waals surface area contributed by atoms with Gasteiger partial charge in [0.25, 0.3) is 0 Å². The maximum absolute atomic E-state index is 11.5. The maximum atomic E-state index is 11.5. The van der Waals surface area contributed by atoms with Crippen molar-refractivity contribution in [2.45, 2.75) is 0 Å². The fourth-order valence-electron chi connectivity index (χ4n) is 3.27. The summed E-state index contributed by atoms with van der Waals surface area (Å²) in [5.41, 5.74) is 1.08. The maximum Gasteiger partial charge on any atom is 0.747 e. The van der Waals surface area contributed by atoms with Crippen LogP contribution in [0.5, 0.6) is 11.5 Å². The summed E-state index contributed by atoms with van der Waals surface area (Å²) in [5.74, 6) is 0.242. The number of fused-ring (bicyclic) bond motifs is 2. The summed E-state index contributed by atoms with van der Waals surface area (Å²) in [7, 11) is -2.89. The molecule has 1 atom stereocenters. The lowest BCUT2D eigenvalue weighted by molar-refractivity contribution is 0.410. The number of halogens is 2. The highest BCUT2D eigenvalue weighted by molar-refractivity contribution is 9.11. The van der Waals surface area contributed by atoms with Crippen LogP contribution in [0, 0.1) is 0 Å². The first-order chi connectivity index (χ1) is 13.0. The molecule has 1 unspecified atom stereocenters. The second-order valence-electron chi connectivity index (χ2n) is 5.92. The molecule has 0 aliphatic rings. The van der Waals surface area contributed by atoms with Crippen molar-refractivity contribution in [3.8, 4) is 22.6 Å². The zero-order valence-electron chi connectivity index (χ0n) is 13.7. The van der Waals surface area contributed by atoms with Crippen molar-refractivity contribution < 1.29 is 19.1 Å². The highest BCUT2D eigenvalue weighted by Gasteiger charge is 2.27. The van der Waals surface area contributed by atoms with Crippen LogP contribution in [-0.2, 0) is 4.57 Å². The van der Waals surface area contributed by atoms with Crippen molar-refractivity contribution in [1.29, 1.82) is 0 Å². The molecule has 134 valence electrons. The number of hydrogen-bond acceptors (Lipinski definition) is 3. The first-order valence-corrected chi connectivity index (χ1v) is 10.6. The van der Waals surface area contributed by atoms with E-state index in [9.17, 15) is 14.6 Å². The molecule has 4 aromatic carbocycles. The number of hydrogen-bond donors (Lipinski definition) is 2. The standard InChI is InChI=1S/C20H11Br2O4P/c21-15-9-11-5-1-3-7-13(11)17(19(15)23)18-14-8-4-2-6-12(14)10-16(22)20(18)26-27(24)25/h1-10H,(H-,23,24,25)/p+1. The third-order valence-electron chi connectivity index (χ3n) is 4.35. The fraction of sp³-hybridized carbons (Fsp3) is 0. The molecule has 0 bridgehead atoms. The number of phenols is 1. The van der Waals surface area contributed by atoms with Crippen LogP contribution in [0.25, 0.3) is 32.7 Å². The van der Waals surface area contributed by atoms with Crippen LogP contribution in [0.2, 0.25) is 0 Å². The summed E-state index contributed by atoms with van der Waals surface area (Å²) < 4.78 is 17.8. The van der Waals surface area contributed by atoms with Gasteiger partial charge < -0.3 is 5.11 Å². The van der Waals surface area contributed by atoms with E-state index < -0.39 is 8.25 Å². The predicted molar refractivity (Wildman–Crippen MR) is 114 cm³/mol. The number of rotatable bonds is 3. The Hall–Kier alpha value is -1.98. The largest absolute Gasteiger partial charge is 0.747 e. The van der Waals surface area contributed by atoms with E-state index in [-0.39, 0.29) is 11.5 Å². The quantitative estimate of drug-likeness (QED) is 0.296. The predicted octanol–water partition coefficient (Wildman–Crippen LogP) is 6.92. The van der Waals surface area contributed by atoms with Crippen molar-refractivity contribution in [2.24, 2.45) is 0 Å². The van der Waals surface area contributed by atoms with E-state index in [1.54, 1.807) is 0 Å². The molecule has 0 radical (unpaired) electrons. The first kappa shape index (κ1) is 18.4. The van der Waals surface area contributed by atoms with Gasteiger partial charge in [0.1, 0.15) is 5.75 Å². The normalized spacial score (nSPS) is 11.7. The SMILES string of the molecule is O=[P+](O)Oc1c(Br)cc2ccccc2c1-c1c(O)c(Br)cc2ccccc12. The monoisotopic (exact) mass is 505 g/mol. The molecule has 0 amide bonds. The molecule has 0 saturated carbocycles. The summed E-state index contributed by atoms with van der Waals surface area (Å²) in [5, 5.41) is 14.3. The Bertz CT molecular complexity index is 1220. The lowest BCUT2D eigenvalue weighted by Gasteiger charge is -2.16. The van der Waals surface area contributed by atoms with Crippen molar-refractivity contribution in [3.63, 3.8) is 0 Å². The molecule has 0 aliphatic heterocycles. The molecule has 0 saturated heterocycles. The van der Waals surface area contributed by atoms with Gasteiger partial charge in [0.15, 0.2) is 0 Å². The zero-order chi connectivity index (χ0) is 19.1. The summed E-state index contributed by atoms with van der Waals surface area (Å²) in [6.07, 6.45) is 0. The van der Waals surface area contributed by atoms with Gasteiger partial charge in [0.05, 0.1) is 8.95 Å². The lowest BCUT2D eigenvalue weighted by Crippen LogP contribution is -1.93. The molecular formula is C20H12Br2O4P+. The third-order valence-corrected chi connectivity index (χ3v) is 5.88. The van der Waals surface area contributed by atoms with Crippen LogP contribution in [0.1, 0.15) is 0 Å². The molecule has 4 rings (SSSR count). The number of aromatic hydroxyl groups is 1. The number of benzene rings is 4. The third kappa shape index (κ3) is 3.23. The van der Waals surface area contributed by atoms with Gasteiger partial charge in [-0.2, -0.15) is 0 Å². The van der Waals surface area contributed by atoms with E-state index in [1.807, 2.05) is 60.7 Å². The zero-order valence-corrected chi connectivity index (χ0v) is 17.8. The summed E-state index contributed by atoms with van der Waals surface area (Å²) in [6.45, 7) is 0. The first-order valence-electron chi connectivity index (χ1n) is 7.93. The van der Waals surface area contributed by atoms with Crippen molar-refractivity contribution in [3.05, 3.63) is 69.6 Å². The second kappa shape index (κ2) is 7.21. The summed E-state index contributed by atoms with van der Waals surface area (Å²) >= 11 is 6.86. The van der Waals surface area contributed by atoms with E-state index in [0.29, 0.717) is 20.1 Å². The Morgan fingerprint density at radius 3 is 1.93 bits per heavy atom. The van der Waals surface area contributed by atoms with Gasteiger partial charge in [-0.15, -0.1) is 4.89 Å². The molecule has 2 N–H and O–H groups in total. The average Bonchev–Trinajstić information content (AvgIpc) is 2.64. The smallest absolute Gasteiger partial charge is 0.506 e. The van der Waals surface area contributed by atoms with Crippen LogP contribution in [0.15, 0.2) is 69.6 Å².